The summed E-state index contributed by atoms with van der Waals surface area (Å²) in [6, 6.07) is 6.16. The zero-order chi connectivity index (χ0) is 21.3. The Morgan fingerprint density at radius 3 is 2.07 bits per heavy atom. The lowest BCUT2D eigenvalue weighted by Gasteiger charge is -2.22. The van der Waals surface area contributed by atoms with Crippen molar-refractivity contribution in [2.75, 3.05) is 0 Å². The van der Waals surface area contributed by atoms with Gasteiger partial charge in [0.25, 0.3) is 0 Å². The first-order valence-electron chi connectivity index (χ1n) is 9.78. The second-order valence-electron chi connectivity index (χ2n) is 7.10. The van der Waals surface area contributed by atoms with Crippen LogP contribution in [0.2, 0.25) is 0 Å². The summed E-state index contributed by atoms with van der Waals surface area (Å²) in [5, 5.41) is 9.01. The first-order valence-corrected chi connectivity index (χ1v) is 9.78. The van der Waals surface area contributed by atoms with Crippen LogP contribution in [-0.4, -0.2) is 5.11 Å². The van der Waals surface area contributed by atoms with Crippen LogP contribution in [0, 0.1) is 11.8 Å². The van der Waals surface area contributed by atoms with E-state index in [2.05, 4.69) is 18.8 Å². The number of fused-ring (bicyclic) bond motifs is 1. The van der Waals surface area contributed by atoms with Gasteiger partial charge in [0.05, 0.1) is 6.61 Å². The van der Waals surface area contributed by atoms with Gasteiger partial charge in [0.2, 0.25) is 0 Å². The van der Waals surface area contributed by atoms with Crippen LogP contribution in [0.3, 0.4) is 0 Å². The molecule has 1 fully saturated rings. The number of rotatable bonds is 2. The molecule has 0 saturated heterocycles. The molecule has 158 valence electrons. The number of aliphatic hydroxyl groups excluding tert-OH is 1. The van der Waals surface area contributed by atoms with E-state index in [9.17, 15) is 17.7 Å². The van der Waals surface area contributed by atoms with Gasteiger partial charge in [0.15, 0.2) is 5.75 Å². The zero-order valence-electron chi connectivity index (χ0n) is 16.9. The highest BCUT2D eigenvalue weighted by Crippen LogP contribution is 2.41. The molecule has 0 spiro atoms. The first kappa shape index (κ1) is 24.2. The van der Waals surface area contributed by atoms with Crippen LogP contribution in [0.5, 0.6) is 5.75 Å². The molecule has 0 aromatic heterocycles. The highest BCUT2D eigenvalue weighted by atomic mass is 19.4. The minimum absolute atomic E-state index is 0.171. The van der Waals surface area contributed by atoms with E-state index < -0.39 is 17.5 Å². The van der Waals surface area contributed by atoms with Gasteiger partial charge in [-0.1, -0.05) is 65.2 Å². The molecule has 1 aliphatic rings. The average Bonchev–Trinajstić information content (AvgIpc) is 2.67. The van der Waals surface area contributed by atoms with Gasteiger partial charge in [-0.25, -0.2) is 0 Å². The van der Waals surface area contributed by atoms with E-state index in [1.165, 1.54) is 49.9 Å². The molecule has 3 rings (SSSR count). The Balaban J connectivity index is 0.000000327. The van der Waals surface area contributed by atoms with Crippen LogP contribution < -0.4 is 4.94 Å². The number of halogens is 4. The highest BCUT2D eigenvalue weighted by Gasteiger charge is 2.37. The molecule has 0 radical (unpaired) electrons. The summed E-state index contributed by atoms with van der Waals surface area (Å²) in [7, 11) is 0. The first-order chi connectivity index (χ1) is 13.3. The minimum atomic E-state index is -4.72. The van der Waals surface area contributed by atoms with Crippen molar-refractivity contribution in [1.82, 2.24) is 0 Å². The van der Waals surface area contributed by atoms with E-state index >= 15 is 0 Å². The maximum absolute atomic E-state index is 12.9. The summed E-state index contributed by atoms with van der Waals surface area (Å²) in [6.07, 6.45) is 1.18. The van der Waals surface area contributed by atoms with Crippen molar-refractivity contribution in [3.8, 4) is 5.75 Å². The molecule has 1 aliphatic carbocycles. The summed E-state index contributed by atoms with van der Waals surface area (Å²) in [4.78, 5) is 3.27. The Morgan fingerprint density at radius 1 is 1.04 bits per heavy atom. The fraction of sp³-hybridized carbons (Fsp3) is 0.545. The van der Waals surface area contributed by atoms with E-state index in [0.29, 0.717) is 5.56 Å². The number of hydrogen-bond acceptors (Lipinski definition) is 2. The average molecular weight is 402 g/mol. The van der Waals surface area contributed by atoms with Crippen molar-refractivity contribution >= 4 is 10.8 Å². The van der Waals surface area contributed by atoms with Gasteiger partial charge in [-0.2, -0.15) is 13.2 Å². The molecular formula is C22H30F4O2. The van der Waals surface area contributed by atoms with Crippen molar-refractivity contribution in [3.05, 3.63) is 41.5 Å². The largest absolute Gasteiger partial charge is 0.420 e. The summed E-state index contributed by atoms with van der Waals surface area (Å²) in [5.74, 6) is 1.16. The molecule has 2 unspecified atom stereocenters. The van der Waals surface area contributed by atoms with Crippen molar-refractivity contribution in [1.29, 1.82) is 0 Å². The molecule has 2 aromatic carbocycles. The Bertz CT molecular complexity index is 720. The van der Waals surface area contributed by atoms with Gasteiger partial charge < -0.3 is 5.11 Å². The van der Waals surface area contributed by atoms with Crippen LogP contribution in [0.15, 0.2) is 30.3 Å². The molecule has 0 aliphatic heterocycles. The van der Waals surface area contributed by atoms with Gasteiger partial charge in [0.1, 0.15) is 5.56 Å². The minimum Gasteiger partial charge on any atom is -0.392 e. The Morgan fingerprint density at radius 2 is 1.64 bits per heavy atom. The van der Waals surface area contributed by atoms with Crippen molar-refractivity contribution < 1.29 is 27.7 Å². The predicted molar refractivity (Wildman–Crippen MR) is 105 cm³/mol. The third-order valence-electron chi connectivity index (χ3n) is 4.79. The zero-order valence-corrected chi connectivity index (χ0v) is 16.9. The number of benzene rings is 2. The van der Waals surface area contributed by atoms with Gasteiger partial charge in [0, 0.05) is 4.53 Å². The van der Waals surface area contributed by atoms with Crippen LogP contribution >= 0.6 is 0 Å². The van der Waals surface area contributed by atoms with Crippen molar-refractivity contribution in [2.24, 2.45) is 11.8 Å². The maximum atomic E-state index is 12.9. The molecule has 1 N–H and O–H groups in total. The number of hydrogen-bond donors (Lipinski definition) is 1. The van der Waals surface area contributed by atoms with E-state index in [1.807, 2.05) is 13.8 Å². The summed E-state index contributed by atoms with van der Waals surface area (Å²) >= 11 is 0. The highest BCUT2D eigenvalue weighted by molar-refractivity contribution is 5.88. The molecule has 0 bridgehead atoms. The fourth-order valence-electron chi connectivity index (χ4n) is 3.55. The fourth-order valence-corrected chi connectivity index (χ4v) is 3.55. The third kappa shape index (κ3) is 6.66. The van der Waals surface area contributed by atoms with Gasteiger partial charge >= 0.3 is 6.18 Å². The molecule has 2 aromatic rings. The number of alkyl halides is 3. The quantitative estimate of drug-likeness (QED) is 0.528. The van der Waals surface area contributed by atoms with E-state index in [4.69, 9.17) is 5.11 Å². The standard InChI is InChI=1S/C12H8F4O2.C8H16.C2H6/c13-12(14,15)11-9-3-1-7(6-17)5-8(9)2-4-10(11)18-16;1-7-4-3-5-8(2)6-7;1-2/h1-5,17H,6H2;7-8H,3-6H2,1-2H3;1-2H3. The number of aliphatic hydroxyl groups is 1. The Hall–Kier alpha value is -1.82. The summed E-state index contributed by atoms with van der Waals surface area (Å²) in [5.41, 5.74) is -0.684. The van der Waals surface area contributed by atoms with Crippen molar-refractivity contribution in [2.45, 2.75) is 66.2 Å². The SMILES string of the molecule is CC.CC1CCCC(C)C1.OCc1ccc2c(C(F)(F)F)c(OF)ccc2c1. The molecule has 28 heavy (non-hydrogen) atoms. The second kappa shape index (κ2) is 11.2. The van der Waals surface area contributed by atoms with Crippen LogP contribution in [-0.2, 0) is 12.8 Å². The lowest BCUT2D eigenvalue weighted by atomic mass is 9.84. The molecule has 0 heterocycles. The predicted octanol–water partition coefficient (Wildman–Crippen LogP) is 7.47. The molecule has 6 heteroatoms. The van der Waals surface area contributed by atoms with Crippen LogP contribution in [0.1, 0.15) is 64.5 Å². The lowest BCUT2D eigenvalue weighted by molar-refractivity contribution is -0.141. The molecule has 2 nitrogen and oxygen atoms in total. The Kier molecular flexibility index (Phi) is 9.73. The molecule has 0 amide bonds. The summed E-state index contributed by atoms with van der Waals surface area (Å²) in [6.45, 7) is 8.46. The molecule has 2 atom stereocenters. The van der Waals surface area contributed by atoms with Gasteiger partial charge in [-0.3, -0.25) is 4.94 Å². The van der Waals surface area contributed by atoms with Gasteiger partial charge in [-0.15, -0.1) is 0 Å². The third-order valence-corrected chi connectivity index (χ3v) is 4.79. The van der Waals surface area contributed by atoms with E-state index in [0.717, 1.165) is 17.9 Å². The summed E-state index contributed by atoms with van der Waals surface area (Å²) < 4.78 is 50.7. The Labute approximate surface area is 164 Å². The van der Waals surface area contributed by atoms with Crippen LogP contribution in [0.25, 0.3) is 10.8 Å². The van der Waals surface area contributed by atoms with E-state index in [1.54, 1.807) is 0 Å². The lowest BCUT2D eigenvalue weighted by Crippen LogP contribution is -2.09. The smallest absolute Gasteiger partial charge is 0.392 e. The van der Waals surface area contributed by atoms with Crippen molar-refractivity contribution in [3.63, 3.8) is 0 Å². The van der Waals surface area contributed by atoms with Gasteiger partial charge in [-0.05, 0) is 46.7 Å². The molecular weight excluding hydrogens is 372 g/mol. The maximum Gasteiger partial charge on any atom is 0.420 e. The second-order valence-corrected chi connectivity index (χ2v) is 7.10. The van der Waals surface area contributed by atoms with Crippen LogP contribution in [0.4, 0.5) is 17.7 Å². The normalized spacial score (nSPS) is 19.2. The topological polar surface area (TPSA) is 29.5 Å². The van der Waals surface area contributed by atoms with E-state index in [-0.39, 0.29) is 17.4 Å². The molecule has 1 saturated carbocycles. The monoisotopic (exact) mass is 402 g/mol.